The second-order valence-electron chi connectivity index (χ2n) is 4.83. The van der Waals surface area contributed by atoms with Gasteiger partial charge in [0.25, 0.3) is 0 Å². The molecule has 1 unspecified atom stereocenters. The molecule has 2 aromatic rings. The molecule has 1 aliphatic rings. The number of halogens is 1. The lowest BCUT2D eigenvalue weighted by molar-refractivity contribution is 0.242. The van der Waals surface area contributed by atoms with Crippen molar-refractivity contribution in [2.45, 2.75) is 19.1 Å². The Morgan fingerprint density at radius 1 is 1.15 bits per heavy atom. The summed E-state index contributed by atoms with van der Waals surface area (Å²) in [7, 11) is 0. The van der Waals surface area contributed by atoms with Crippen molar-refractivity contribution in [3.05, 3.63) is 64.5 Å². The number of aliphatic hydroxyl groups is 1. The van der Waals surface area contributed by atoms with E-state index in [0.717, 1.165) is 26.2 Å². The van der Waals surface area contributed by atoms with Crippen molar-refractivity contribution in [2.24, 2.45) is 0 Å². The van der Waals surface area contributed by atoms with Crippen molar-refractivity contribution in [1.82, 2.24) is 0 Å². The molecule has 1 N–H and O–H groups in total. The summed E-state index contributed by atoms with van der Waals surface area (Å²) < 4.78 is 6.61. The summed E-state index contributed by atoms with van der Waals surface area (Å²) in [6.07, 6.45) is 2.29. The van der Waals surface area contributed by atoms with E-state index in [1.54, 1.807) is 0 Å². The Kier molecular flexibility index (Phi) is 3.90. The van der Waals surface area contributed by atoms with Crippen LogP contribution in [0.5, 0.6) is 5.75 Å². The first-order chi connectivity index (χ1) is 9.74. The molecule has 0 heterocycles. The van der Waals surface area contributed by atoms with Crippen LogP contribution in [-0.2, 0) is 6.61 Å². The van der Waals surface area contributed by atoms with Crippen LogP contribution in [0.15, 0.2) is 48.5 Å². The summed E-state index contributed by atoms with van der Waals surface area (Å²) in [4.78, 5) is 0. The first-order valence-electron chi connectivity index (χ1n) is 6.59. The zero-order valence-corrected chi connectivity index (χ0v) is 12.5. The van der Waals surface area contributed by atoms with E-state index in [1.807, 2.05) is 30.3 Å². The van der Waals surface area contributed by atoms with Gasteiger partial charge in [-0.3, -0.25) is 0 Å². The van der Waals surface area contributed by atoms with Crippen molar-refractivity contribution in [3.8, 4) is 5.75 Å². The highest BCUT2D eigenvalue weighted by molar-refractivity contribution is 9.15. The van der Waals surface area contributed by atoms with Gasteiger partial charge in [-0.15, -0.1) is 0 Å². The number of benzene rings is 2. The molecule has 0 aromatic heterocycles. The molecule has 2 nitrogen and oxygen atoms in total. The molecule has 0 bridgehead atoms. The van der Waals surface area contributed by atoms with Crippen molar-refractivity contribution in [3.63, 3.8) is 0 Å². The molecule has 2 aromatic carbocycles. The van der Waals surface area contributed by atoms with E-state index in [2.05, 4.69) is 40.2 Å². The zero-order chi connectivity index (χ0) is 13.9. The Morgan fingerprint density at radius 2 is 1.95 bits per heavy atom. The fourth-order valence-electron chi connectivity index (χ4n) is 2.28. The topological polar surface area (TPSA) is 29.5 Å². The Morgan fingerprint density at radius 3 is 2.75 bits per heavy atom. The van der Waals surface area contributed by atoms with Crippen LogP contribution < -0.4 is 15.2 Å². The van der Waals surface area contributed by atoms with Gasteiger partial charge < -0.3 is 9.84 Å². The van der Waals surface area contributed by atoms with Gasteiger partial charge in [0.2, 0.25) is 0 Å². The van der Waals surface area contributed by atoms with Gasteiger partial charge in [0, 0.05) is 4.48 Å². The van der Waals surface area contributed by atoms with Crippen LogP contribution in [0.25, 0.3) is 10.6 Å². The smallest absolute Gasteiger partial charge is 0.119 e. The Bertz CT molecular complexity index is 722. The lowest BCUT2D eigenvalue weighted by atomic mass is 10.0. The molecule has 0 spiro atoms. The number of hydrogen-bond donors (Lipinski definition) is 1. The monoisotopic (exact) mass is 330 g/mol. The minimum absolute atomic E-state index is 0.437. The van der Waals surface area contributed by atoms with E-state index >= 15 is 0 Å². The van der Waals surface area contributed by atoms with Crippen LogP contribution in [0.4, 0.5) is 0 Å². The predicted molar refractivity (Wildman–Crippen MR) is 83.9 cm³/mol. The van der Waals surface area contributed by atoms with Gasteiger partial charge in [-0.05, 0) is 40.6 Å². The van der Waals surface area contributed by atoms with Crippen LogP contribution in [0, 0.1) is 0 Å². The van der Waals surface area contributed by atoms with Gasteiger partial charge in [0.15, 0.2) is 0 Å². The lowest BCUT2D eigenvalue weighted by Crippen LogP contribution is -2.33. The molecule has 102 valence electrons. The number of hydrogen-bond acceptors (Lipinski definition) is 2. The van der Waals surface area contributed by atoms with Crippen molar-refractivity contribution < 1.29 is 9.84 Å². The van der Waals surface area contributed by atoms with E-state index in [0.29, 0.717) is 13.0 Å². The minimum atomic E-state index is -0.437. The molecule has 3 rings (SSSR count). The van der Waals surface area contributed by atoms with Gasteiger partial charge in [0.1, 0.15) is 12.4 Å². The zero-order valence-electron chi connectivity index (χ0n) is 10.9. The molecule has 0 saturated carbocycles. The average molecular weight is 331 g/mol. The number of fused-ring (bicyclic) bond motifs is 1. The molecule has 20 heavy (non-hydrogen) atoms. The number of ether oxygens (including phenoxy) is 1. The maximum absolute atomic E-state index is 9.88. The predicted octanol–water partition coefficient (Wildman–Crippen LogP) is 2.31. The highest BCUT2D eigenvalue weighted by Gasteiger charge is 2.12. The van der Waals surface area contributed by atoms with E-state index in [1.165, 1.54) is 0 Å². The third-order valence-electron chi connectivity index (χ3n) is 3.38. The SMILES string of the molecule is OC1CC=c2ccc(COc3ccccc3)cc2=C1Br. The van der Waals surface area contributed by atoms with Gasteiger partial charge in [-0.25, -0.2) is 0 Å². The molecular formula is C17H15BrO2. The third-order valence-corrected chi connectivity index (χ3v) is 4.33. The summed E-state index contributed by atoms with van der Waals surface area (Å²) in [6, 6.07) is 16.0. The molecule has 1 aliphatic carbocycles. The second-order valence-corrected chi connectivity index (χ2v) is 5.68. The highest BCUT2D eigenvalue weighted by atomic mass is 79.9. The van der Waals surface area contributed by atoms with Gasteiger partial charge in [-0.1, -0.05) is 52.3 Å². The fraction of sp³-hybridized carbons (Fsp3) is 0.176. The molecule has 3 heteroatoms. The molecule has 0 saturated heterocycles. The van der Waals surface area contributed by atoms with E-state index < -0.39 is 6.10 Å². The Hall–Kier alpha value is -1.58. The molecule has 0 amide bonds. The molecule has 0 fully saturated rings. The Labute approximate surface area is 126 Å². The highest BCUT2D eigenvalue weighted by Crippen LogP contribution is 2.16. The normalized spacial score (nSPS) is 17.3. The summed E-state index contributed by atoms with van der Waals surface area (Å²) in [5, 5.41) is 12.1. The summed E-state index contributed by atoms with van der Waals surface area (Å²) in [5.74, 6) is 0.861. The largest absolute Gasteiger partial charge is 0.489 e. The van der Waals surface area contributed by atoms with Gasteiger partial charge >= 0.3 is 0 Å². The lowest BCUT2D eigenvalue weighted by Gasteiger charge is -2.13. The van der Waals surface area contributed by atoms with Crippen molar-refractivity contribution >= 4 is 26.5 Å². The van der Waals surface area contributed by atoms with Crippen LogP contribution >= 0.6 is 15.9 Å². The van der Waals surface area contributed by atoms with Gasteiger partial charge in [0.05, 0.1) is 6.10 Å². The van der Waals surface area contributed by atoms with Crippen LogP contribution in [0.1, 0.15) is 12.0 Å². The Balaban J connectivity index is 1.87. The fourth-order valence-corrected chi connectivity index (χ4v) is 2.81. The summed E-state index contributed by atoms with van der Waals surface area (Å²) >= 11 is 3.49. The summed E-state index contributed by atoms with van der Waals surface area (Å²) in [6.45, 7) is 0.521. The minimum Gasteiger partial charge on any atom is -0.489 e. The van der Waals surface area contributed by atoms with E-state index in [-0.39, 0.29) is 0 Å². The van der Waals surface area contributed by atoms with E-state index in [4.69, 9.17) is 4.74 Å². The molecular weight excluding hydrogens is 316 g/mol. The molecule has 0 aliphatic heterocycles. The first-order valence-corrected chi connectivity index (χ1v) is 7.38. The van der Waals surface area contributed by atoms with E-state index in [9.17, 15) is 5.11 Å². The number of rotatable bonds is 3. The second kappa shape index (κ2) is 5.81. The third kappa shape index (κ3) is 2.79. The van der Waals surface area contributed by atoms with Crippen LogP contribution in [-0.4, -0.2) is 11.2 Å². The van der Waals surface area contributed by atoms with Crippen molar-refractivity contribution in [1.29, 1.82) is 0 Å². The average Bonchev–Trinajstić information content (AvgIpc) is 2.50. The molecule has 0 radical (unpaired) electrons. The van der Waals surface area contributed by atoms with Crippen LogP contribution in [0.3, 0.4) is 0 Å². The quantitative estimate of drug-likeness (QED) is 0.935. The number of para-hydroxylation sites is 1. The molecule has 1 atom stereocenters. The maximum Gasteiger partial charge on any atom is 0.119 e. The maximum atomic E-state index is 9.88. The van der Waals surface area contributed by atoms with Crippen LogP contribution in [0.2, 0.25) is 0 Å². The number of aliphatic hydroxyl groups excluding tert-OH is 1. The van der Waals surface area contributed by atoms with Gasteiger partial charge in [-0.2, -0.15) is 0 Å². The standard InChI is InChI=1S/C17H15BrO2/c18-17-15-10-12(6-7-13(15)8-9-16(17)19)11-20-14-4-2-1-3-5-14/h1-8,10,16,19H,9,11H2. The van der Waals surface area contributed by atoms with Crippen molar-refractivity contribution in [2.75, 3.05) is 0 Å². The first kappa shape index (κ1) is 13.4. The summed E-state index contributed by atoms with van der Waals surface area (Å²) in [5.41, 5.74) is 1.09.